The van der Waals surface area contributed by atoms with Crippen molar-refractivity contribution in [2.75, 3.05) is 18.9 Å². The van der Waals surface area contributed by atoms with E-state index in [0.717, 1.165) is 12.8 Å². The maximum absolute atomic E-state index is 12.6. The summed E-state index contributed by atoms with van der Waals surface area (Å²) in [5.41, 5.74) is 0.614. The van der Waals surface area contributed by atoms with Crippen molar-refractivity contribution in [3.05, 3.63) is 24.4 Å². The molecule has 2 aromatic rings. The molecule has 1 aliphatic rings. The number of fused-ring (bicyclic) bond motifs is 1. The molecule has 21 heavy (non-hydrogen) atoms. The van der Waals surface area contributed by atoms with Gasteiger partial charge in [-0.3, -0.25) is 4.40 Å². The third-order valence-corrected chi connectivity index (χ3v) is 5.46. The van der Waals surface area contributed by atoms with Crippen LogP contribution in [0.3, 0.4) is 0 Å². The second-order valence-electron chi connectivity index (χ2n) is 5.45. The summed E-state index contributed by atoms with van der Waals surface area (Å²) >= 11 is 0. The molecule has 114 valence electrons. The number of nitrogens with one attached hydrogen (secondary N) is 2. The lowest BCUT2D eigenvalue weighted by molar-refractivity contribution is 0.518. The van der Waals surface area contributed by atoms with Crippen LogP contribution in [0.4, 0.5) is 5.82 Å². The van der Waals surface area contributed by atoms with E-state index in [1.165, 1.54) is 12.8 Å². The summed E-state index contributed by atoms with van der Waals surface area (Å²) in [5, 5.41) is 3.05. The van der Waals surface area contributed by atoms with Crippen molar-refractivity contribution in [3.63, 3.8) is 0 Å². The van der Waals surface area contributed by atoms with E-state index >= 15 is 0 Å². The number of rotatable bonds is 5. The highest BCUT2D eigenvalue weighted by atomic mass is 32.2. The lowest BCUT2D eigenvalue weighted by Gasteiger charge is -2.12. The zero-order valence-electron chi connectivity index (χ0n) is 12.0. The van der Waals surface area contributed by atoms with E-state index in [9.17, 15) is 8.42 Å². The predicted octanol–water partition coefficient (Wildman–Crippen LogP) is 1.84. The quantitative estimate of drug-likeness (QED) is 0.884. The molecular weight excluding hydrogens is 288 g/mol. The minimum absolute atomic E-state index is 0.179. The maximum Gasteiger partial charge on any atom is 0.260 e. The number of hydrogen-bond donors (Lipinski definition) is 2. The van der Waals surface area contributed by atoms with Crippen molar-refractivity contribution in [2.24, 2.45) is 5.92 Å². The third-order valence-electron chi connectivity index (χ3n) is 4.01. The van der Waals surface area contributed by atoms with Gasteiger partial charge in [0.05, 0.1) is 0 Å². The highest BCUT2D eigenvalue weighted by molar-refractivity contribution is 7.89. The number of pyridine rings is 1. The van der Waals surface area contributed by atoms with Crippen molar-refractivity contribution in [1.29, 1.82) is 0 Å². The fourth-order valence-corrected chi connectivity index (χ4v) is 4.31. The summed E-state index contributed by atoms with van der Waals surface area (Å²) in [6.07, 6.45) is 6.32. The van der Waals surface area contributed by atoms with Crippen LogP contribution in [-0.2, 0) is 10.0 Å². The number of hydrogen-bond acceptors (Lipinski definition) is 4. The topological polar surface area (TPSA) is 75.5 Å². The van der Waals surface area contributed by atoms with Crippen LogP contribution in [-0.4, -0.2) is 31.4 Å². The first-order valence-corrected chi connectivity index (χ1v) is 8.74. The number of anilines is 1. The fraction of sp³-hybridized carbons (Fsp3) is 0.500. The van der Waals surface area contributed by atoms with Gasteiger partial charge in [0.15, 0.2) is 10.8 Å². The molecule has 1 saturated carbocycles. The molecule has 2 heterocycles. The summed E-state index contributed by atoms with van der Waals surface area (Å²) in [4.78, 5) is 4.31. The highest BCUT2D eigenvalue weighted by Gasteiger charge is 2.26. The fourth-order valence-electron chi connectivity index (χ4n) is 2.90. The zero-order valence-corrected chi connectivity index (χ0v) is 12.9. The molecule has 0 radical (unpaired) electrons. The average Bonchev–Trinajstić information content (AvgIpc) is 3.12. The van der Waals surface area contributed by atoms with Crippen LogP contribution in [0.25, 0.3) is 5.65 Å². The van der Waals surface area contributed by atoms with E-state index in [4.69, 9.17) is 0 Å². The van der Waals surface area contributed by atoms with Crippen LogP contribution < -0.4 is 10.0 Å². The molecule has 0 spiro atoms. The van der Waals surface area contributed by atoms with Crippen LogP contribution in [0.5, 0.6) is 0 Å². The Morgan fingerprint density at radius 1 is 1.33 bits per heavy atom. The van der Waals surface area contributed by atoms with E-state index in [1.807, 2.05) is 6.07 Å². The average molecular weight is 308 g/mol. The number of imidazole rings is 1. The van der Waals surface area contributed by atoms with Gasteiger partial charge in [-0.25, -0.2) is 18.1 Å². The minimum atomic E-state index is -3.59. The molecule has 0 aliphatic heterocycles. The Morgan fingerprint density at radius 2 is 2.10 bits per heavy atom. The summed E-state index contributed by atoms with van der Waals surface area (Å²) in [6, 6.07) is 5.42. The third kappa shape index (κ3) is 2.75. The van der Waals surface area contributed by atoms with Gasteiger partial charge < -0.3 is 5.32 Å². The van der Waals surface area contributed by atoms with E-state index in [2.05, 4.69) is 15.0 Å². The molecule has 6 nitrogen and oxygen atoms in total. The van der Waals surface area contributed by atoms with Crippen molar-refractivity contribution in [3.8, 4) is 0 Å². The van der Waals surface area contributed by atoms with Gasteiger partial charge in [-0.15, -0.1) is 0 Å². The molecule has 1 aliphatic carbocycles. The molecule has 1 fully saturated rings. The SMILES string of the molecule is CNc1nc2ccccn2c1S(=O)(=O)NCC1CCCC1. The second-order valence-corrected chi connectivity index (χ2v) is 7.13. The van der Waals surface area contributed by atoms with Crippen LogP contribution >= 0.6 is 0 Å². The van der Waals surface area contributed by atoms with Gasteiger partial charge in [0, 0.05) is 19.8 Å². The van der Waals surface area contributed by atoms with Crippen LogP contribution in [0, 0.1) is 5.92 Å². The molecule has 0 bridgehead atoms. The van der Waals surface area contributed by atoms with Crippen LogP contribution in [0.15, 0.2) is 29.4 Å². The Labute approximate surface area is 124 Å². The molecule has 3 rings (SSSR count). The second kappa shape index (κ2) is 5.65. The molecule has 0 unspecified atom stereocenters. The summed E-state index contributed by atoms with van der Waals surface area (Å²) in [5.74, 6) is 0.831. The first-order valence-electron chi connectivity index (χ1n) is 7.26. The lowest BCUT2D eigenvalue weighted by Crippen LogP contribution is -2.29. The lowest BCUT2D eigenvalue weighted by atomic mass is 10.1. The maximum atomic E-state index is 12.6. The van der Waals surface area contributed by atoms with Crippen molar-refractivity contribution < 1.29 is 8.42 Å². The van der Waals surface area contributed by atoms with E-state index < -0.39 is 10.0 Å². The first kappa shape index (κ1) is 14.3. The van der Waals surface area contributed by atoms with E-state index in [-0.39, 0.29) is 5.03 Å². The standard InChI is InChI=1S/C14H20N4O2S/c1-15-13-14(18-9-5-4-8-12(18)17-13)21(19,20)16-10-11-6-2-3-7-11/h4-5,8-9,11,15-16H,2-3,6-7,10H2,1H3. The van der Waals surface area contributed by atoms with Gasteiger partial charge in [-0.2, -0.15) is 0 Å². The molecule has 7 heteroatoms. The molecule has 2 N–H and O–H groups in total. The zero-order chi connectivity index (χ0) is 14.9. The van der Waals surface area contributed by atoms with E-state index in [0.29, 0.717) is 23.9 Å². The van der Waals surface area contributed by atoms with Crippen molar-refractivity contribution in [2.45, 2.75) is 30.7 Å². The normalized spacial score (nSPS) is 16.6. The summed E-state index contributed by atoms with van der Waals surface area (Å²) in [6.45, 7) is 0.506. The Morgan fingerprint density at radius 3 is 2.81 bits per heavy atom. The Hall–Kier alpha value is -1.60. The van der Waals surface area contributed by atoms with Crippen molar-refractivity contribution in [1.82, 2.24) is 14.1 Å². The summed E-state index contributed by atoms with van der Waals surface area (Å²) in [7, 11) is -1.91. The number of aromatic nitrogens is 2. The van der Waals surface area contributed by atoms with Gasteiger partial charge in [0.25, 0.3) is 10.0 Å². The van der Waals surface area contributed by atoms with Gasteiger partial charge in [-0.1, -0.05) is 18.9 Å². The summed E-state index contributed by atoms with van der Waals surface area (Å²) < 4.78 is 29.6. The predicted molar refractivity (Wildman–Crippen MR) is 81.9 cm³/mol. The molecule has 2 aromatic heterocycles. The highest BCUT2D eigenvalue weighted by Crippen LogP contribution is 2.26. The van der Waals surface area contributed by atoms with E-state index in [1.54, 1.807) is 29.8 Å². The molecule has 0 saturated heterocycles. The van der Waals surface area contributed by atoms with Gasteiger partial charge in [-0.05, 0) is 30.9 Å². The smallest absolute Gasteiger partial charge is 0.260 e. The van der Waals surface area contributed by atoms with Crippen LogP contribution in [0.2, 0.25) is 0 Å². The minimum Gasteiger partial charge on any atom is -0.371 e. The Kier molecular flexibility index (Phi) is 3.86. The Bertz CT molecular complexity index is 733. The number of nitrogens with zero attached hydrogens (tertiary/aromatic N) is 2. The van der Waals surface area contributed by atoms with Gasteiger partial charge in [0.1, 0.15) is 5.65 Å². The largest absolute Gasteiger partial charge is 0.371 e. The van der Waals surface area contributed by atoms with Crippen molar-refractivity contribution >= 4 is 21.5 Å². The Balaban J connectivity index is 1.93. The first-order chi connectivity index (χ1) is 10.1. The molecule has 0 atom stereocenters. The van der Waals surface area contributed by atoms with Crippen LogP contribution in [0.1, 0.15) is 25.7 Å². The number of sulfonamides is 1. The molecule has 0 aromatic carbocycles. The van der Waals surface area contributed by atoms with Gasteiger partial charge in [0.2, 0.25) is 0 Å². The van der Waals surface area contributed by atoms with Gasteiger partial charge >= 0.3 is 0 Å². The monoisotopic (exact) mass is 308 g/mol. The molecular formula is C14H20N4O2S. The molecule has 0 amide bonds.